The minimum atomic E-state index is -3.89. The van der Waals surface area contributed by atoms with Gasteiger partial charge in [-0.15, -0.1) is 11.3 Å². The summed E-state index contributed by atoms with van der Waals surface area (Å²) in [5.41, 5.74) is 0.267. The molecule has 3 rings (SSSR count). The Morgan fingerprint density at radius 1 is 1.23 bits per heavy atom. The number of carbonyl (C=O) groups excluding carboxylic acids is 1. The van der Waals surface area contributed by atoms with Crippen molar-refractivity contribution in [3.8, 4) is 0 Å². The Hall–Kier alpha value is -2.36. The van der Waals surface area contributed by atoms with Crippen molar-refractivity contribution in [3.63, 3.8) is 0 Å². The summed E-state index contributed by atoms with van der Waals surface area (Å²) in [5.74, 6) is 0.345. The number of para-hydroxylation sites is 1. The van der Waals surface area contributed by atoms with Crippen LogP contribution in [0.1, 0.15) is 20.3 Å². The van der Waals surface area contributed by atoms with E-state index in [0.29, 0.717) is 10.6 Å². The van der Waals surface area contributed by atoms with Gasteiger partial charge in [0.25, 0.3) is 15.9 Å². The molecule has 0 aliphatic rings. The molecular formula is C16H14ClN3O4S2. The molecule has 0 aliphatic heterocycles. The molecule has 0 unspecified atom stereocenters. The van der Waals surface area contributed by atoms with E-state index in [1.807, 2.05) is 0 Å². The van der Waals surface area contributed by atoms with Crippen molar-refractivity contribution in [2.75, 3.05) is 10.0 Å². The number of aromatic nitrogens is 1. The number of hydrogen-bond acceptors (Lipinski definition) is 6. The van der Waals surface area contributed by atoms with Gasteiger partial charge in [-0.05, 0) is 32.0 Å². The molecule has 3 aromatic rings. The van der Waals surface area contributed by atoms with Crippen molar-refractivity contribution in [2.24, 2.45) is 0 Å². The van der Waals surface area contributed by atoms with Gasteiger partial charge in [0, 0.05) is 10.9 Å². The average Bonchev–Trinajstić information content (AvgIpc) is 3.15. The highest BCUT2D eigenvalue weighted by Crippen LogP contribution is 2.30. The molecule has 0 spiro atoms. The van der Waals surface area contributed by atoms with E-state index in [1.54, 1.807) is 44.2 Å². The third-order valence-corrected chi connectivity index (χ3v) is 6.37. The van der Waals surface area contributed by atoms with Gasteiger partial charge in [-0.3, -0.25) is 9.52 Å². The number of halogens is 1. The Bertz CT molecular complexity index is 1070. The van der Waals surface area contributed by atoms with Gasteiger partial charge in [-0.2, -0.15) is 0 Å². The minimum absolute atomic E-state index is 0.0175. The van der Waals surface area contributed by atoms with Crippen LogP contribution in [0, 0.1) is 13.8 Å². The van der Waals surface area contributed by atoms with Gasteiger partial charge < -0.3 is 9.84 Å². The zero-order valence-electron chi connectivity index (χ0n) is 13.7. The zero-order chi connectivity index (χ0) is 18.9. The lowest BCUT2D eigenvalue weighted by atomic mass is 10.3. The van der Waals surface area contributed by atoms with Gasteiger partial charge in [0.2, 0.25) is 0 Å². The summed E-state index contributed by atoms with van der Waals surface area (Å²) in [5, 5.41) is 6.52. The predicted molar refractivity (Wildman–Crippen MR) is 101 cm³/mol. The van der Waals surface area contributed by atoms with Crippen LogP contribution in [0.3, 0.4) is 0 Å². The molecule has 0 atom stereocenters. The largest absolute Gasteiger partial charge is 0.360 e. The second-order valence-corrected chi connectivity index (χ2v) is 8.71. The molecular weight excluding hydrogens is 398 g/mol. The molecule has 7 nitrogen and oxygen atoms in total. The van der Waals surface area contributed by atoms with Crippen LogP contribution in [0.15, 0.2) is 45.8 Å². The number of anilines is 2. The van der Waals surface area contributed by atoms with Crippen molar-refractivity contribution in [1.82, 2.24) is 5.16 Å². The van der Waals surface area contributed by atoms with E-state index >= 15 is 0 Å². The molecule has 0 saturated heterocycles. The molecule has 1 aromatic carbocycles. The van der Waals surface area contributed by atoms with Crippen LogP contribution in [0.25, 0.3) is 0 Å². The molecule has 10 heteroatoms. The number of nitrogens with one attached hydrogen (secondary N) is 2. The van der Waals surface area contributed by atoms with Crippen LogP contribution in [-0.4, -0.2) is 19.5 Å². The van der Waals surface area contributed by atoms with Crippen LogP contribution in [0.5, 0.6) is 0 Å². The first-order valence-electron chi connectivity index (χ1n) is 7.39. The second-order valence-electron chi connectivity index (χ2n) is 5.39. The van der Waals surface area contributed by atoms with Gasteiger partial charge in [-0.25, -0.2) is 8.42 Å². The molecule has 0 radical (unpaired) electrons. The number of thiophene rings is 1. The lowest BCUT2D eigenvalue weighted by Gasteiger charge is -2.08. The second kappa shape index (κ2) is 7.10. The number of hydrogen-bond donors (Lipinski definition) is 2. The Labute approximate surface area is 159 Å². The number of benzene rings is 1. The van der Waals surface area contributed by atoms with E-state index in [4.69, 9.17) is 16.1 Å². The summed E-state index contributed by atoms with van der Waals surface area (Å²) in [6.45, 7) is 3.33. The fourth-order valence-corrected chi connectivity index (χ4v) is 5.00. The molecule has 0 bridgehead atoms. The maximum Gasteiger partial charge on any atom is 0.267 e. The zero-order valence-corrected chi connectivity index (χ0v) is 16.1. The number of nitrogens with zero attached hydrogens (tertiary/aromatic N) is 1. The number of sulfonamides is 1. The van der Waals surface area contributed by atoms with Gasteiger partial charge >= 0.3 is 0 Å². The Balaban J connectivity index is 1.85. The third-order valence-electron chi connectivity index (χ3n) is 3.37. The molecule has 2 aromatic heterocycles. The fraction of sp³-hybridized carbons (Fsp3) is 0.125. The summed E-state index contributed by atoms with van der Waals surface area (Å²) in [6.07, 6.45) is 0. The molecule has 0 aliphatic carbocycles. The molecule has 0 fully saturated rings. The highest BCUT2D eigenvalue weighted by molar-refractivity contribution is 7.93. The van der Waals surface area contributed by atoms with Crippen LogP contribution in [0.2, 0.25) is 5.02 Å². The smallest absolute Gasteiger partial charge is 0.267 e. The maximum atomic E-state index is 12.7. The van der Waals surface area contributed by atoms with E-state index in [9.17, 15) is 13.2 Å². The van der Waals surface area contributed by atoms with Gasteiger partial charge in [0.05, 0.1) is 15.6 Å². The van der Waals surface area contributed by atoms with E-state index in [0.717, 1.165) is 11.3 Å². The van der Waals surface area contributed by atoms with Crippen molar-refractivity contribution >= 4 is 50.4 Å². The Morgan fingerprint density at radius 3 is 2.62 bits per heavy atom. The van der Waals surface area contributed by atoms with Crippen molar-refractivity contribution < 1.29 is 17.7 Å². The maximum absolute atomic E-state index is 12.7. The number of carbonyl (C=O) groups is 1. The van der Waals surface area contributed by atoms with Crippen LogP contribution < -0.4 is 10.0 Å². The number of amides is 1. The molecule has 26 heavy (non-hydrogen) atoms. The van der Waals surface area contributed by atoms with E-state index < -0.39 is 15.9 Å². The molecule has 1 amide bonds. The van der Waals surface area contributed by atoms with Gasteiger partial charge in [0.15, 0.2) is 5.82 Å². The molecule has 136 valence electrons. The third kappa shape index (κ3) is 3.90. The summed E-state index contributed by atoms with van der Waals surface area (Å²) >= 11 is 7.07. The van der Waals surface area contributed by atoms with Crippen LogP contribution in [-0.2, 0) is 10.0 Å². The standard InChI is InChI=1S/C16H14ClN3O4S2/c1-9-7-15(19-24-9)18-16(21)13-8-14(10(2)25-13)26(22,23)20-12-6-4-3-5-11(12)17/h3-8,20H,1-2H3,(H,18,19,21). The first kappa shape index (κ1) is 18.4. The highest BCUT2D eigenvalue weighted by atomic mass is 35.5. The predicted octanol–water partition coefficient (Wildman–Crippen LogP) is 4.06. The quantitative estimate of drug-likeness (QED) is 0.659. The Kier molecular flexibility index (Phi) is 5.03. The SMILES string of the molecule is Cc1cc(NC(=O)c2cc(S(=O)(=O)Nc3ccccc3Cl)c(C)s2)no1. The van der Waals surface area contributed by atoms with Crippen molar-refractivity contribution in [3.05, 3.63) is 56.9 Å². The first-order chi connectivity index (χ1) is 12.3. The van der Waals surface area contributed by atoms with Crippen LogP contribution in [0.4, 0.5) is 11.5 Å². The highest BCUT2D eigenvalue weighted by Gasteiger charge is 2.23. The van der Waals surface area contributed by atoms with Crippen LogP contribution >= 0.6 is 22.9 Å². The number of rotatable bonds is 5. The topological polar surface area (TPSA) is 101 Å². The van der Waals surface area contributed by atoms with Crippen molar-refractivity contribution in [1.29, 1.82) is 0 Å². The lowest BCUT2D eigenvalue weighted by Crippen LogP contribution is -2.14. The van der Waals surface area contributed by atoms with Gasteiger partial charge in [-0.1, -0.05) is 28.9 Å². The molecule has 2 N–H and O–H groups in total. The summed E-state index contributed by atoms with van der Waals surface area (Å²) in [7, 11) is -3.89. The fourth-order valence-electron chi connectivity index (χ4n) is 2.19. The lowest BCUT2D eigenvalue weighted by molar-refractivity contribution is 0.102. The summed E-state index contributed by atoms with van der Waals surface area (Å²) < 4.78 is 32.6. The van der Waals surface area contributed by atoms with E-state index in [-0.39, 0.29) is 26.3 Å². The van der Waals surface area contributed by atoms with Gasteiger partial charge in [0.1, 0.15) is 10.7 Å². The molecule has 0 saturated carbocycles. The monoisotopic (exact) mass is 411 g/mol. The number of aryl methyl sites for hydroxylation is 2. The van der Waals surface area contributed by atoms with E-state index in [1.165, 1.54) is 6.07 Å². The minimum Gasteiger partial charge on any atom is -0.360 e. The van der Waals surface area contributed by atoms with E-state index in [2.05, 4.69) is 15.2 Å². The van der Waals surface area contributed by atoms with Crippen molar-refractivity contribution in [2.45, 2.75) is 18.7 Å². The summed E-state index contributed by atoms with van der Waals surface area (Å²) in [6, 6.07) is 9.39. The average molecular weight is 412 g/mol. The molecule has 2 heterocycles. The Morgan fingerprint density at radius 2 is 1.96 bits per heavy atom. The summed E-state index contributed by atoms with van der Waals surface area (Å²) in [4.78, 5) is 13.0. The first-order valence-corrected chi connectivity index (χ1v) is 10.1. The normalized spacial score (nSPS) is 11.3.